The van der Waals surface area contributed by atoms with E-state index in [1.54, 1.807) is 6.08 Å². The normalized spacial score (nSPS) is 38.3. The summed E-state index contributed by atoms with van der Waals surface area (Å²) in [6.45, 7) is 4.31. The number of carbonyl (C=O) groups is 2. The van der Waals surface area contributed by atoms with Crippen molar-refractivity contribution in [3.63, 3.8) is 0 Å². The quantitative estimate of drug-likeness (QED) is 0.474. The van der Waals surface area contributed by atoms with Crippen LogP contribution in [0.4, 0.5) is 0 Å². The molecule has 0 aliphatic heterocycles. The Morgan fingerprint density at radius 3 is 2.45 bits per heavy atom. The number of carboxylic acid groups (broad SMARTS) is 2. The molecule has 0 bridgehead atoms. The minimum absolute atomic E-state index is 0.245. The Bertz CT molecular complexity index is 517. The summed E-state index contributed by atoms with van der Waals surface area (Å²) in [4.78, 5) is 21.8. The van der Waals surface area contributed by atoms with Crippen molar-refractivity contribution < 1.29 is 19.8 Å². The van der Waals surface area contributed by atoms with Gasteiger partial charge in [0.15, 0.2) is 0 Å². The molecule has 4 heteroatoms. The summed E-state index contributed by atoms with van der Waals surface area (Å²) >= 11 is 0. The van der Waals surface area contributed by atoms with E-state index in [4.69, 9.17) is 5.11 Å². The summed E-state index contributed by atoms with van der Waals surface area (Å²) in [7, 11) is 0. The monoisotopic (exact) mass is 304 g/mol. The molecular formula is C18H24O4. The van der Waals surface area contributed by atoms with Gasteiger partial charge in [0.25, 0.3) is 0 Å². The minimum atomic E-state index is -0.950. The van der Waals surface area contributed by atoms with Gasteiger partial charge in [-0.2, -0.15) is 0 Å². The predicted octanol–water partition coefficient (Wildman–Crippen LogP) is 3.37. The Morgan fingerprint density at radius 1 is 1.09 bits per heavy atom. The fourth-order valence-electron chi connectivity index (χ4n) is 4.11. The topological polar surface area (TPSA) is 74.6 Å². The molecule has 4 nitrogen and oxygen atoms in total. The summed E-state index contributed by atoms with van der Waals surface area (Å²) in [5.74, 6) is -0.0681. The number of aliphatic carboxylic acids is 2. The highest BCUT2D eigenvalue weighted by atomic mass is 16.4. The molecule has 0 aromatic heterocycles. The minimum Gasteiger partial charge on any atom is -0.481 e. The Kier molecular flexibility index (Phi) is 5.22. The van der Waals surface area contributed by atoms with Crippen LogP contribution in [0, 0.1) is 35.5 Å². The maximum Gasteiger partial charge on any atom is 0.328 e. The maximum absolute atomic E-state index is 11.3. The lowest BCUT2D eigenvalue weighted by Crippen LogP contribution is -2.41. The smallest absolute Gasteiger partial charge is 0.328 e. The highest BCUT2D eigenvalue weighted by molar-refractivity contribution is 5.80. The van der Waals surface area contributed by atoms with Gasteiger partial charge in [-0.1, -0.05) is 44.2 Å². The van der Waals surface area contributed by atoms with Crippen LogP contribution < -0.4 is 0 Å². The Labute approximate surface area is 131 Å². The molecule has 6 atom stereocenters. The van der Waals surface area contributed by atoms with Crippen molar-refractivity contribution in [2.24, 2.45) is 35.5 Å². The molecule has 0 saturated heterocycles. The molecule has 1 fully saturated rings. The lowest BCUT2D eigenvalue weighted by atomic mass is 9.59. The van der Waals surface area contributed by atoms with Crippen molar-refractivity contribution in [2.45, 2.75) is 26.7 Å². The van der Waals surface area contributed by atoms with Gasteiger partial charge in [-0.05, 0) is 42.4 Å². The Hall–Kier alpha value is -1.84. The first-order chi connectivity index (χ1) is 10.4. The number of hydrogen-bond acceptors (Lipinski definition) is 2. The van der Waals surface area contributed by atoms with Crippen molar-refractivity contribution in [1.29, 1.82) is 0 Å². The van der Waals surface area contributed by atoms with E-state index in [-0.39, 0.29) is 5.92 Å². The molecule has 0 unspecified atom stereocenters. The van der Waals surface area contributed by atoms with Crippen LogP contribution in [0.15, 0.2) is 36.5 Å². The van der Waals surface area contributed by atoms with Gasteiger partial charge in [-0.25, -0.2) is 4.79 Å². The zero-order valence-electron chi connectivity index (χ0n) is 13.1. The average molecular weight is 304 g/mol. The van der Waals surface area contributed by atoms with E-state index in [1.165, 1.54) is 0 Å². The molecule has 0 aromatic rings. The summed E-state index contributed by atoms with van der Waals surface area (Å²) in [6, 6.07) is 0. The SMILES string of the molecule is C[C@@H]1C[C@H](C(=O)O)C[C@@H]2C=C[C@H](C)[C@H](/C=C\C=C/C(=O)O)[C@@H]12. The molecule has 0 spiro atoms. The van der Waals surface area contributed by atoms with Crippen molar-refractivity contribution in [3.05, 3.63) is 36.5 Å². The molecule has 2 aliphatic rings. The number of fused-ring (bicyclic) bond motifs is 1. The van der Waals surface area contributed by atoms with Crippen LogP contribution in [-0.4, -0.2) is 22.2 Å². The van der Waals surface area contributed by atoms with E-state index >= 15 is 0 Å². The number of carboxylic acids is 2. The molecule has 120 valence electrons. The summed E-state index contributed by atoms with van der Waals surface area (Å²) in [6.07, 6.45) is 12.4. The van der Waals surface area contributed by atoms with E-state index in [0.717, 1.165) is 12.5 Å². The second kappa shape index (κ2) is 6.95. The van der Waals surface area contributed by atoms with Crippen LogP contribution in [0.3, 0.4) is 0 Å². The van der Waals surface area contributed by atoms with Crippen molar-refractivity contribution in [1.82, 2.24) is 0 Å². The van der Waals surface area contributed by atoms with Crippen LogP contribution in [-0.2, 0) is 9.59 Å². The first kappa shape index (κ1) is 16.5. The third kappa shape index (κ3) is 3.67. The first-order valence-corrected chi connectivity index (χ1v) is 7.89. The molecule has 22 heavy (non-hydrogen) atoms. The fraction of sp³-hybridized carbons (Fsp3) is 0.556. The molecule has 2 rings (SSSR count). The summed E-state index contributed by atoms with van der Waals surface area (Å²) in [5, 5.41) is 17.9. The molecule has 0 radical (unpaired) electrons. The average Bonchev–Trinajstić information content (AvgIpc) is 2.45. The first-order valence-electron chi connectivity index (χ1n) is 7.89. The van der Waals surface area contributed by atoms with Gasteiger partial charge in [-0.3, -0.25) is 4.79 Å². The van der Waals surface area contributed by atoms with Crippen molar-refractivity contribution in [3.8, 4) is 0 Å². The van der Waals surface area contributed by atoms with Crippen molar-refractivity contribution >= 4 is 11.9 Å². The highest BCUT2D eigenvalue weighted by Crippen LogP contribution is 2.48. The van der Waals surface area contributed by atoms with E-state index in [2.05, 4.69) is 32.1 Å². The van der Waals surface area contributed by atoms with Crippen LogP contribution >= 0.6 is 0 Å². The van der Waals surface area contributed by atoms with Gasteiger partial charge in [0, 0.05) is 6.08 Å². The van der Waals surface area contributed by atoms with Gasteiger partial charge >= 0.3 is 11.9 Å². The molecule has 0 heterocycles. The van der Waals surface area contributed by atoms with E-state index < -0.39 is 11.9 Å². The van der Waals surface area contributed by atoms with Gasteiger partial charge in [0.1, 0.15) is 0 Å². The molecule has 2 N–H and O–H groups in total. The molecule has 1 saturated carbocycles. The largest absolute Gasteiger partial charge is 0.481 e. The second-order valence-corrected chi connectivity index (χ2v) is 6.63. The van der Waals surface area contributed by atoms with Gasteiger partial charge in [-0.15, -0.1) is 0 Å². The number of hydrogen-bond donors (Lipinski definition) is 2. The lowest BCUT2D eigenvalue weighted by Gasteiger charge is -2.45. The van der Waals surface area contributed by atoms with Crippen LogP contribution in [0.1, 0.15) is 26.7 Å². The third-order valence-electron chi connectivity index (χ3n) is 5.11. The van der Waals surface area contributed by atoms with Crippen LogP contribution in [0.2, 0.25) is 0 Å². The maximum atomic E-state index is 11.3. The standard InChI is InChI=1S/C18H24O4/c1-11-7-8-13-10-14(18(21)22)9-12(2)17(13)15(11)5-3-4-6-16(19)20/h3-8,11-15,17H,9-10H2,1-2H3,(H,19,20)(H,21,22)/b5-3-,6-4-/t11-,12+,13-,14-,15-,17-/m0/s1. The highest BCUT2D eigenvalue weighted by Gasteiger charge is 2.43. The van der Waals surface area contributed by atoms with Gasteiger partial charge in [0.05, 0.1) is 5.92 Å². The van der Waals surface area contributed by atoms with Gasteiger partial charge < -0.3 is 10.2 Å². The number of allylic oxidation sites excluding steroid dienone is 5. The molecule has 2 aliphatic carbocycles. The fourth-order valence-corrected chi connectivity index (χ4v) is 4.11. The van der Waals surface area contributed by atoms with E-state index in [1.807, 2.05) is 6.08 Å². The van der Waals surface area contributed by atoms with E-state index in [9.17, 15) is 14.7 Å². The van der Waals surface area contributed by atoms with E-state index in [0.29, 0.717) is 36.0 Å². The predicted molar refractivity (Wildman–Crippen MR) is 84.2 cm³/mol. The summed E-state index contributed by atoms with van der Waals surface area (Å²) < 4.78 is 0. The lowest BCUT2D eigenvalue weighted by molar-refractivity contribution is -0.145. The van der Waals surface area contributed by atoms with Crippen LogP contribution in [0.5, 0.6) is 0 Å². The number of rotatable bonds is 4. The Morgan fingerprint density at radius 2 is 1.82 bits per heavy atom. The van der Waals surface area contributed by atoms with Gasteiger partial charge in [0.2, 0.25) is 0 Å². The second-order valence-electron chi connectivity index (χ2n) is 6.63. The zero-order chi connectivity index (χ0) is 16.3. The van der Waals surface area contributed by atoms with Crippen molar-refractivity contribution in [2.75, 3.05) is 0 Å². The molecule has 0 aromatic carbocycles. The van der Waals surface area contributed by atoms with Crippen LogP contribution in [0.25, 0.3) is 0 Å². The Balaban J connectivity index is 2.16. The third-order valence-corrected chi connectivity index (χ3v) is 5.11. The molecule has 0 amide bonds. The molecular weight excluding hydrogens is 280 g/mol. The summed E-state index contributed by atoms with van der Waals surface area (Å²) in [5.41, 5.74) is 0. The zero-order valence-corrected chi connectivity index (χ0v) is 13.1.